The van der Waals surface area contributed by atoms with Gasteiger partial charge >= 0.3 is 5.97 Å². The molecule has 0 aromatic heterocycles. The Morgan fingerprint density at radius 2 is 2.17 bits per heavy atom. The molecule has 0 bridgehead atoms. The first-order valence-corrected chi connectivity index (χ1v) is 5.46. The maximum atomic E-state index is 13.4. The molecule has 0 saturated carbocycles. The first-order valence-electron chi connectivity index (χ1n) is 5.46. The van der Waals surface area contributed by atoms with Crippen molar-refractivity contribution in [1.82, 2.24) is 0 Å². The van der Waals surface area contributed by atoms with E-state index in [0.717, 1.165) is 6.07 Å². The molecule has 0 aliphatic heterocycles. The molecule has 1 aromatic carbocycles. The van der Waals surface area contributed by atoms with Crippen LogP contribution in [0.5, 0.6) is 5.75 Å². The van der Waals surface area contributed by atoms with Crippen molar-refractivity contribution < 1.29 is 28.9 Å². The van der Waals surface area contributed by atoms with Crippen molar-refractivity contribution in [3.63, 3.8) is 0 Å². The summed E-state index contributed by atoms with van der Waals surface area (Å²) >= 11 is 0. The summed E-state index contributed by atoms with van der Waals surface area (Å²) in [6, 6.07) is 3.31. The molecular formula is C12H15FO5. The highest BCUT2D eigenvalue weighted by Gasteiger charge is 2.11. The van der Waals surface area contributed by atoms with Gasteiger partial charge in [-0.25, -0.2) is 9.18 Å². The Balaban J connectivity index is 2.55. The Morgan fingerprint density at radius 1 is 1.44 bits per heavy atom. The number of aliphatic hydroxyl groups is 1. The maximum Gasteiger partial charge on any atom is 0.335 e. The topological polar surface area (TPSA) is 76.0 Å². The first-order chi connectivity index (χ1) is 8.54. The fourth-order valence-electron chi connectivity index (χ4n) is 1.24. The summed E-state index contributed by atoms with van der Waals surface area (Å²) in [6.07, 6.45) is -0.858. The van der Waals surface area contributed by atoms with E-state index in [1.165, 1.54) is 12.1 Å². The highest BCUT2D eigenvalue weighted by molar-refractivity contribution is 5.87. The normalized spacial score (nSPS) is 12.2. The van der Waals surface area contributed by atoms with Crippen LogP contribution in [0.3, 0.4) is 0 Å². The molecular weight excluding hydrogens is 243 g/mol. The van der Waals surface area contributed by atoms with Crippen LogP contribution in [0, 0.1) is 5.82 Å². The molecule has 1 rings (SSSR count). The van der Waals surface area contributed by atoms with Crippen molar-refractivity contribution in [2.24, 2.45) is 0 Å². The van der Waals surface area contributed by atoms with E-state index in [1.807, 2.05) is 0 Å². The van der Waals surface area contributed by atoms with Crippen molar-refractivity contribution in [2.75, 3.05) is 19.8 Å². The van der Waals surface area contributed by atoms with E-state index < -0.39 is 17.9 Å². The number of aromatic carboxylic acids is 1. The quantitative estimate of drug-likeness (QED) is 0.771. The number of hydrogen-bond donors (Lipinski definition) is 2. The van der Waals surface area contributed by atoms with Crippen molar-refractivity contribution in [1.29, 1.82) is 0 Å². The van der Waals surface area contributed by atoms with Gasteiger partial charge in [-0.2, -0.15) is 0 Å². The summed E-state index contributed by atoms with van der Waals surface area (Å²) in [6.45, 7) is 2.24. The average molecular weight is 258 g/mol. The average Bonchev–Trinajstić information content (AvgIpc) is 2.34. The van der Waals surface area contributed by atoms with E-state index in [0.29, 0.717) is 6.61 Å². The maximum absolute atomic E-state index is 13.4. The van der Waals surface area contributed by atoms with Crippen molar-refractivity contribution >= 4 is 5.97 Å². The van der Waals surface area contributed by atoms with E-state index in [4.69, 9.17) is 14.6 Å². The lowest BCUT2D eigenvalue weighted by Gasteiger charge is -2.12. The minimum absolute atomic E-state index is 0.101. The lowest BCUT2D eigenvalue weighted by atomic mass is 10.2. The molecule has 0 heterocycles. The molecule has 1 unspecified atom stereocenters. The second kappa shape index (κ2) is 6.93. The fraction of sp³-hybridized carbons (Fsp3) is 0.417. The third-order valence-electron chi connectivity index (χ3n) is 2.12. The van der Waals surface area contributed by atoms with Gasteiger partial charge in [0.25, 0.3) is 0 Å². The summed E-state index contributed by atoms with van der Waals surface area (Å²) < 4.78 is 23.4. The molecule has 0 radical (unpaired) electrons. The van der Waals surface area contributed by atoms with Gasteiger partial charge in [0.05, 0.1) is 12.2 Å². The smallest absolute Gasteiger partial charge is 0.335 e. The number of carbonyl (C=O) groups is 1. The summed E-state index contributed by atoms with van der Waals surface area (Å²) in [7, 11) is 0. The molecule has 0 spiro atoms. The first kappa shape index (κ1) is 14.4. The summed E-state index contributed by atoms with van der Waals surface area (Å²) in [5.74, 6) is -2.09. The molecule has 100 valence electrons. The van der Waals surface area contributed by atoms with Crippen LogP contribution in [0.2, 0.25) is 0 Å². The standard InChI is InChI=1S/C12H15FO5/c1-2-17-6-9(14)7-18-11-4-3-8(12(15)16)5-10(11)13/h3-5,9,14H,2,6-7H2,1H3,(H,15,16). The molecule has 6 heteroatoms. The Morgan fingerprint density at radius 3 is 2.72 bits per heavy atom. The fourth-order valence-corrected chi connectivity index (χ4v) is 1.24. The molecule has 0 fully saturated rings. The van der Waals surface area contributed by atoms with E-state index in [1.54, 1.807) is 6.92 Å². The number of aliphatic hydroxyl groups excluding tert-OH is 1. The van der Waals surface area contributed by atoms with Crippen molar-refractivity contribution in [3.05, 3.63) is 29.6 Å². The van der Waals surface area contributed by atoms with Gasteiger partial charge < -0.3 is 19.7 Å². The zero-order chi connectivity index (χ0) is 13.5. The Kier molecular flexibility index (Phi) is 5.54. The van der Waals surface area contributed by atoms with Crippen LogP contribution in [0.4, 0.5) is 4.39 Å². The van der Waals surface area contributed by atoms with Crippen LogP contribution in [0.1, 0.15) is 17.3 Å². The molecule has 0 amide bonds. The second-order valence-corrected chi connectivity index (χ2v) is 3.57. The monoisotopic (exact) mass is 258 g/mol. The highest BCUT2D eigenvalue weighted by Crippen LogP contribution is 2.18. The highest BCUT2D eigenvalue weighted by atomic mass is 19.1. The lowest BCUT2D eigenvalue weighted by Crippen LogP contribution is -2.23. The number of carboxylic acid groups (broad SMARTS) is 1. The van der Waals surface area contributed by atoms with Gasteiger partial charge in [0.15, 0.2) is 11.6 Å². The lowest BCUT2D eigenvalue weighted by molar-refractivity contribution is 0.0157. The minimum Gasteiger partial charge on any atom is -0.488 e. The molecule has 2 N–H and O–H groups in total. The van der Waals surface area contributed by atoms with Crippen LogP contribution in [0.15, 0.2) is 18.2 Å². The molecule has 0 aliphatic carbocycles. The molecule has 5 nitrogen and oxygen atoms in total. The predicted molar refractivity (Wildman–Crippen MR) is 61.4 cm³/mol. The van der Waals surface area contributed by atoms with Crippen LogP contribution < -0.4 is 4.74 Å². The number of ether oxygens (including phenoxy) is 2. The van der Waals surface area contributed by atoms with E-state index >= 15 is 0 Å². The van der Waals surface area contributed by atoms with Gasteiger partial charge in [-0.05, 0) is 25.1 Å². The van der Waals surface area contributed by atoms with Crippen LogP contribution >= 0.6 is 0 Å². The van der Waals surface area contributed by atoms with Gasteiger partial charge in [0.2, 0.25) is 0 Å². The van der Waals surface area contributed by atoms with Crippen molar-refractivity contribution in [2.45, 2.75) is 13.0 Å². The third-order valence-corrected chi connectivity index (χ3v) is 2.12. The molecule has 0 saturated heterocycles. The molecule has 1 atom stereocenters. The van der Waals surface area contributed by atoms with E-state index in [9.17, 15) is 14.3 Å². The Labute approximate surface area is 104 Å². The van der Waals surface area contributed by atoms with E-state index in [-0.39, 0.29) is 24.5 Å². The van der Waals surface area contributed by atoms with Crippen LogP contribution in [-0.2, 0) is 4.74 Å². The predicted octanol–water partition coefficient (Wildman–Crippen LogP) is 1.30. The minimum atomic E-state index is -1.21. The van der Waals surface area contributed by atoms with Crippen molar-refractivity contribution in [3.8, 4) is 5.75 Å². The largest absolute Gasteiger partial charge is 0.488 e. The number of rotatable bonds is 7. The van der Waals surface area contributed by atoms with Crippen LogP contribution in [0.25, 0.3) is 0 Å². The Hall–Kier alpha value is -1.66. The molecule has 0 aliphatic rings. The number of benzene rings is 1. The van der Waals surface area contributed by atoms with E-state index in [2.05, 4.69) is 0 Å². The number of halogens is 1. The summed E-state index contributed by atoms with van der Waals surface area (Å²) in [4.78, 5) is 10.6. The van der Waals surface area contributed by atoms with Crippen LogP contribution in [-0.4, -0.2) is 42.1 Å². The van der Waals surface area contributed by atoms with Gasteiger partial charge in [-0.3, -0.25) is 0 Å². The third kappa shape index (κ3) is 4.31. The number of hydrogen-bond acceptors (Lipinski definition) is 4. The zero-order valence-corrected chi connectivity index (χ0v) is 9.93. The molecule has 18 heavy (non-hydrogen) atoms. The van der Waals surface area contributed by atoms with Gasteiger partial charge in [-0.15, -0.1) is 0 Å². The SMILES string of the molecule is CCOCC(O)COc1ccc(C(=O)O)cc1F. The molecule has 1 aromatic rings. The zero-order valence-electron chi connectivity index (χ0n) is 9.93. The van der Waals surface area contributed by atoms with Gasteiger partial charge in [0, 0.05) is 6.61 Å². The Bertz CT molecular complexity index is 407. The summed E-state index contributed by atoms with van der Waals surface area (Å²) in [5.41, 5.74) is -0.158. The number of carboxylic acids is 1. The van der Waals surface area contributed by atoms with Gasteiger partial charge in [0.1, 0.15) is 12.7 Å². The summed E-state index contributed by atoms with van der Waals surface area (Å²) in [5, 5.41) is 18.1. The van der Waals surface area contributed by atoms with Gasteiger partial charge in [-0.1, -0.05) is 0 Å². The second-order valence-electron chi connectivity index (χ2n) is 3.57.